The van der Waals surface area contributed by atoms with Gasteiger partial charge in [0.2, 0.25) is 0 Å². The number of nitrogens with one attached hydrogen (secondary N) is 1. The summed E-state index contributed by atoms with van der Waals surface area (Å²) in [7, 11) is 0. The van der Waals surface area contributed by atoms with Crippen LogP contribution in [0.15, 0.2) is 18.2 Å². The van der Waals surface area contributed by atoms with Crippen molar-refractivity contribution in [1.82, 2.24) is 4.98 Å². The maximum atomic E-state index is 8.71. The van der Waals surface area contributed by atoms with E-state index in [1.165, 1.54) is 11.3 Å². The van der Waals surface area contributed by atoms with Crippen LogP contribution in [-0.4, -0.2) is 4.98 Å². The zero-order valence-electron chi connectivity index (χ0n) is 7.04. The first-order valence-corrected chi connectivity index (χ1v) is 5.04. The number of thiophene rings is 1. The number of hydrogen-bond acceptors (Lipinski definition) is 3. The summed E-state index contributed by atoms with van der Waals surface area (Å²) < 4.78 is 0.715. The molecule has 2 aromatic rings. The van der Waals surface area contributed by atoms with Crippen LogP contribution in [0.2, 0.25) is 4.34 Å². The second-order valence-electron chi connectivity index (χ2n) is 2.73. The first kappa shape index (κ1) is 9.13. The molecule has 70 valence electrons. The molecule has 2 heterocycles. The van der Waals surface area contributed by atoms with E-state index >= 15 is 0 Å². The van der Waals surface area contributed by atoms with Crippen molar-refractivity contribution in [3.8, 4) is 16.6 Å². The summed E-state index contributed by atoms with van der Waals surface area (Å²) in [4.78, 5) is 3.91. The molecule has 0 atom stereocenters. The third-order valence-corrected chi connectivity index (χ3v) is 3.07. The predicted molar refractivity (Wildman–Crippen MR) is 58.2 cm³/mol. The Labute approximate surface area is 89.7 Å². The molecule has 14 heavy (non-hydrogen) atoms. The van der Waals surface area contributed by atoms with Crippen LogP contribution in [0.5, 0.6) is 0 Å². The van der Waals surface area contributed by atoms with E-state index < -0.39 is 0 Å². The summed E-state index contributed by atoms with van der Waals surface area (Å²) >= 11 is 7.24. The fourth-order valence-electron chi connectivity index (χ4n) is 1.15. The van der Waals surface area contributed by atoms with E-state index in [2.05, 4.69) is 4.98 Å². The molecule has 5 heteroatoms. The average Bonchev–Trinajstić information content (AvgIpc) is 2.71. The third-order valence-electron chi connectivity index (χ3n) is 1.81. The highest BCUT2D eigenvalue weighted by Gasteiger charge is 2.07. The molecule has 0 unspecified atom stereocenters. The molecule has 0 aliphatic rings. The molecule has 0 aromatic carbocycles. The maximum Gasteiger partial charge on any atom is 0.119 e. The SMILES string of the molecule is N#Cc1cc(-c2ccc(Cl)s2)[nH]c1N. The van der Waals surface area contributed by atoms with E-state index in [9.17, 15) is 0 Å². The molecule has 0 spiro atoms. The molecule has 0 aliphatic carbocycles. The average molecular weight is 224 g/mol. The number of rotatable bonds is 1. The predicted octanol–water partition coefficient (Wildman–Crippen LogP) is 2.85. The van der Waals surface area contributed by atoms with Gasteiger partial charge in [0.15, 0.2) is 0 Å². The van der Waals surface area contributed by atoms with Crippen LogP contribution >= 0.6 is 22.9 Å². The summed E-state index contributed by atoms with van der Waals surface area (Å²) in [5.74, 6) is 0.395. The molecule has 3 N–H and O–H groups in total. The van der Waals surface area contributed by atoms with E-state index in [1.54, 1.807) is 6.07 Å². The van der Waals surface area contributed by atoms with E-state index in [0.29, 0.717) is 15.7 Å². The Morgan fingerprint density at radius 2 is 2.29 bits per heavy atom. The van der Waals surface area contributed by atoms with Crippen molar-refractivity contribution in [3.63, 3.8) is 0 Å². The molecule has 3 nitrogen and oxygen atoms in total. The maximum absolute atomic E-state index is 8.71. The minimum Gasteiger partial charge on any atom is -0.384 e. The summed E-state index contributed by atoms with van der Waals surface area (Å²) in [5, 5.41) is 8.71. The van der Waals surface area contributed by atoms with Gasteiger partial charge in [0, 0.05) is 0 Å². The van der Waals surface area contributed by atoms with Crippen LogP contribution < -0.4 is 5.73 Å². The highest BCUT2D eigenvalue weighted by molar-refractivity contribution is 7.19. The number of anilines is 1. The second kappa shape index (κ2) is 3.37. The van der Waals surface area contributed by atoms with Crippen molar-refractivity contribution in [2.24, 2.45) is 0 Å². The Morgan fingerprint density at radius 3 is 2.79 bits per heavy atom. The van der Waals surface area contributed by atoms with Gasteiger partial charge in [-0.05, 0) is 18.2 Å². The van der Waals surface area contributed by atoms with Crippen molar-refractivity contribution >= 4 is 28.8 Å². The minimum atomic E-state index is 0.395. The van der Waals surface area contributed by atoms with Crippen LogP contribution in [-0.2, 0) is 0 Å². The lowest BCUT2D eigenvalue weighted by atomic mass is 10.3. The number of aromatic amines is 1. The first-order chi connectivity index (χ1) is 6.70. The molecule has 0 amide bonds. The quantitative estimate of drug-likeness (QED) is 0.781. The van der Waals surface area contributed by atoms with Crippen molar-refractivity contribution in [1.29, 1.82) is 5.26 Å². The molecule has 0 saturated heterocycles. The highest BCUT2D eigenvalue weighted by atomic mass is 35.5. The van der Waals surface area contributed by atoms with Crippen molar-refractivity contribution in [3.05, 3.63) is 28.1 Å². The van der Waals surface area contributed by atoms with Crippen LogP contribution in [0.1, 0.15) is 5.56 Å². The van der Waals surface area contributed by atoms with Crippen LogP contribution in [0.3, 0.4) is 0 Å². The van der Waals surface area contributed by atoms with E-state index in [0.717, 1.165) is 10.6 Å². The van der Waals surface area contributed by atoms with Crippen LogP contribution in [0.4, 0.5) is 5.82 Å². The summed E-state index contributed by atoms with van der Waals surface area (Å²) in [6, 6.07) is 7.43. The Morgan fingerprint density at radius 1 is 1.50 bits per heavy atom. The molecular weight excluding hydrogens is 218 g/mol. The molecular formula is C9H6ClN3S. The van der Waals surface area contributed by atoms with Crippen LogP contribution in [0.25, 0.3) is 10.6 Å². The van der Waals surface area contributed by atoms with Crippen molar-refractivity contribution < 1.29 is 0 Å². The van der Waals surface area contributed by atoms with Crippen molar-refractivity contribution in [2.45, 2.75) is 0 Å². The number of nitriles is 1. The third kappa shape index (κ3) is 1.48. The molecule has 0 bridgehead atoms. The molecule has 2 rings (SSSR count). The first-order valence-electron chi connectivity index (χ1n) is 3.85. The lowest BCUT2D eigenvalue weighted by Gasteiger charge is -1.88. The van der Waals surface area contributed by atoms with Crippen molar-refractivity contribution in [2.75, 3.05) is 5.73 Å². The van der Waals surface area contributed by atoms with Gasteiger partial charge in [-0.25, -0.2) is 0 Å². The molecule has 0 saturated carbocycles. The van der Waals surface area contributed by atoms with Crippen LogP contribution in [0, 0.1) is 11.3 Å². The summed E-state index contributed by atoms with van der Waals surface area (Å²) in [6.07, 6.45) is 0. The number of aromatic nitrogens is 1. The standard InChI is InChI=1S/C9H6ClN3S/c10-8-2-1-7(14-8)6-3-5(4-11)9(12)13-6/h1-3,13H,12H2. The number of nitrogen functional groups attached to an aromatic ring is 1. The zero-order valence-corrected chi connectivity index (χ0v) is 8.62. The molecule has 2 aromatic heterocycles. The van der Waals surface area contributed by atoms with Gasteiger partial charge < -0.3 is 10.7 Å². The Bertz CT molecular complexity index is 506. The number of nitrogens with zero attached hydrogens (tertiary/aromatic N) is 1. The number of hydrogen-bond donors (Lipinski definition) is 2. The lowest BCUT2D eigenvalue weighted by molar-refractivity contribution is 1.41. The van der Waals surface area contributed by atoms with Gasteiger partial charge in [-0.3, -0.25) is 0 Å². The highest BCUT2D eigenvalue weighted by Crippen LogP contribution is 2.31. The van der Waals surface area contributed by atoms with E-state index in [4.69, 9.17) is 22.6 Å². The van der Waals surface area contributed by atoms with Gasteiger partial charge in [-0.15, -0.1) is 11.3 Å². The summed E-state index contributed by atoms with van der Waals surface area (Å²) in [5.41, 5.74) is 6.88. The molecule has 0 fully saturated rings. The Hall–Kier alpha value is -1.44. The smallest absolute Gasteiger partial charge is 0.119 e. The zero-order chi connectivity index (χ0) is 10.1. The van der Waals surface area contributed by atoms with Gasteiger partial charge in [0.05, 0.1) is 20.5 Å². The van der Waals surface area contributed by atoms with Gasteiger partial charge in [0.1, 0.15) is 11.9 Å². The fourth-order valence-corrected chi connectivity index (χ4v) is 2.17. The van der Waals surface area contributed by atoms with Gasteiger partial charge in [-0.2, -0.15) is 5.26 Å². The monoisotopic (exact) mass is 223 g/mol. The Balaban J connectivity index is 2.48. The summed E-state index contributed by atoms with van der Waals surface area (Å²) in [6.45, 7) is 0. The fraction of sp³-hybridized carbons (Fsp3) is 0. The van der Waals surface area contributed by atoms with E-state index in [1.807, 2.05) is 18.2 Å². The number of nitrogens with two attached hydrogens (primary N) is 1. The topological polar surface area (TPSA) is 65.6 Å². The second-order valence-corrected chi connectivity index (χ2v) is 4.44. The molecule has 0 radical (unpaired) electrons. The van der Waals surface area contributed by atoms with E-state index in [-0.39, 0.29) is 0 Å². The normalized spacial score (nSPS) is 10.0. The minimum absolute atomic E-state index is 0.395. The van der Waals surface area contributed by atoms with Gasteiger partial charge >= 0.3 is 0 Å². The Kier molecular flexibility index (Phi) is 2.20. The largest absolute Gasteiger partial charge is 0.384 e. The molecule has 0 aliphatic heterocycles. The van der Waals surface area contributed by atoms with Gasteiger partial charge in [0.25, 0.3) is 0 Å². The van der Waals surface area contributed by atoms with Gasteiger partial charge in [-0.1, -0.05) is 11.6 Å². The lowest BCUT2D eigenvalue weighted by Crippen LogP contribution is -1.86. The number of H-pyrrole nitrogens is 1. The number of halogens is 1.